The molecule has 0 aliphatic carbocycles. The van der Waals surface area contributed by atoms with Crippen LogP contribution < -0.4 is 24.8 Å². The number of benzene rings is 2. The fraction of sp³-hybridized carbons (Fsp3) is 0.316. The molecule has 0 aliphatic heterocycles. The Morgan fingerprint density at radius 2 is 1.43 bits per heavy atom. The number of methoxy groups -OCH3 is 3. The summed E-state index contributed by atoms with van der Waals surface area (Å²) in [7, 11) is 6.25. The lowest BCUT2D eigenvalue weighted by atomic mass is 10.1. The molecule has 0 aromatic heterocycles. The van der Waals surface area contributed by atoms with Crippen molar-refractivity contribution in [2.75, 3.05) is 28.4 Å². The topological polar surface area (TPSA) is 64.1 Å². The number of nitrogens with zero attached hydrogens (tertiary/aromatic N) is 1. The maximum Gasteiger partial charge on any atom is 0.191 e. The molecule has 2 N–H and O–H groups in total. The monoisotopic (exact) mass is 507 g/mol. The van der Waals surface area contributed by atoms with Gasteiger partial charge in [-0.25, -0.2) is 8.78 Å². The number of guanidine groups is 1. The number of rotatable bonds is 7. The van der Waals surface area contributed by atoms with Crippen LogP contribution in [0.25, 0.3) is 0 Å². The molecule has 0 spiro atoms. The van der Waals surface area contributed by atoms with Crippen LogP contribution in [0, 0.1) is 11.6 Å². The second-order valence-electron chi connectivity index (χ2n) is 5.53. The summed E-state index contributed by atoms with van der Waals surface area (Å²) < 4.78 is 42.9. The zero-order chi connectivity index (χ0) is 19.8. The van der Waals surface area contributed by atoms with Gasteiger partial charge < -0.3 is 24.8 Å². The van der Waals surface area contributed by atoms with Gasteiger partial charge in [0.25, 0.3) is 0 Å². The van der Waals surface area contributed by atoms with Crippen molar-refractivity contribution in [1.82, 2.24) is 10.6 Å². The Bertz CT molecular complexity index is 819. The van der Waals surface area contributed by atoms with Gasteiger partial charge in [-0.05, 0) is 24.3 Å². The first kappa shape index (κ1) is 23.7. The molecule has 0 heterocycles. The summed E-state index contributed by atoms with van der Waals surface area (Å²) in [5, 5.41) is 6.05. The molecule has 6 nitrogen and oxygen atoms in total. The van der Waals surface area contributed by atoms with Crippen molar-refractivity contribution < 1.29 is 23.0 Å². The Hall–Kier alpha value is -2.30. The van der Waals surface area contributed by atoms with Crippen molar-refractivity contribution >= 4 is 29.9 Å². The third-order valence-electron chi connectivity index (χ3n) is 3.91. The Labute approximate surface area is 180 Å². The standard InChI is InChI=1S/C19H23F2N3O3.HI/c1-22-19(23-10-12-7-14(20)5-6-15(12)21)24-11-13-8-17(26-3)18(27-4)9-16(13)25-2;/h5-9H,10-11H2,1-4H3,(H2,22,23,24);1H. The predicted molar refractivity (Wildman–Crippen MR) is 115 cm³/mol. The van der Waals surface area contributed by atoms with Crippen LogP contribution in [0.3, 0.4) is 0 Å². The van der Waals surface area contributed by atoms with Crippen LogP contribution in [0.5, 0.6) is 17.2 Å². The molecule has 9 heteroatoms. The van der Waals surface area contributed by atoms with Gasteiger partial charge in [0.2, 0.25) is 0 Å². The molecule has 28 heavy (non-hydrogen) atoms. The summed E-state index contributed by atoms with van der Waals surface area (Å²) in [4.78, 5) is 4.08. The lowest BCUT2D eigenvalue weighted by molar-refractivity contribution is 0.347. The molecule has 0 amide bonds. The van der Waals surface area contributed by atoms with Gasteiger partial charge in [-0.15, -0.1) is 24.0 Å². The molecule has 0 bridgehead atoms. The highest BCUT2D eigenvalue weighted by Crippen LogP contribution is 2.34. The number of ether oxygens (including phenoxy) is 3. The number of halogens is 3. The average Bonchev–Trinajstić information content (AvgIpc) is 2.69. The highest BCUT2D eigenvalue weighted by atomic mass is 127. The van der Waals surface area contributed by atoms with Crippen LogP contribution >= 0.6 is 24.0 Å². The Morgan fingerprint density at radius 3 is 2.00 bits per heavy atom. The second kappa shape index (κ2) is 11.5. The van der Waals surface area contributed by atoms with E-state index in [0.29, 0.717) is 29.8 Å². The van der Waals surface area contributed by atoms with Crippen molar-refractivity contribution in [3.8, 4) is 17.2 Å². The van der Waals surface area contributed by atoms with Crippen LogP contribution in [-0.4, -0.2) is 34.3 Å². The molecule has 0 aliphatic rings. The Kier molecular flexibility index (Phi) is 9.77. The third-order valence-corrected chi connectivity index (χ3v) is 3.91. The average molecular weight is 507 g/mol. The minimum Gasteiger partial charge on any atom is -0.496 e. The van der Waals surface area contributed by atoms with E-state index in [4.69, 9.17) is 14.2 Å². The summed E-state index contributed by atoms with van der Waals surface area (Å²) in [6.45, 7) is 0.459. The number of nitrogens with one attached hydrogen (secondary N) is 2. The van der Waals surface area contributed by atoms with Gasteiger partial charge in [0.15, 0.2) is 17.5 Å². The van der Waals surface area contributed by atoms with Gasteiger partial charge in [0.1, 0.15) is 17.4 Å². The normalized spacial score (nSPS) is 10.7. The number of hydrogen-bond donors (Lipinski definition) is 2. The third kappa shape index (κ3) is 6.11. The summed E-state index contributed by atoms with van der Waals surface area (Å²) in [5.74, 6) is 1.19. The van der Waals surface area contributed by atoms with E-state index in [9.17, 15) is 8.78 Å². The van der Waals surface area contributed by atoms with Crippen molar-refractivity contribution in [3.05, 3.63) is 53.1 Å². The van der Waals surface area contributed by atoms with E-state index in [1.807, 2.05) is 0 Å². The van der Waals surface area contributed by atoms with E-state index in [0.717, 1.165) is 23.8 Å². The number of hydrogen-bond acceptors (Lipinski definition) is 4. The van der Waals surface area contributed by atoms with E-state index >= 15 is 0 Å². The molecule has 0 fully saturated rings. The zero-order valence-electron chi connectivity index (χ0n) is 16.1. The highest BCUT2D eigenvalue weighted by molar-refractivity contribution is 14.0. The molecule has 2 aromatic rings. The lowest BCUT2D eigenvalue weighted by Gasteiger charge is -2.16. The van der Waals surface area contributed by atoms with Gasteiger partial charge >= 0.3 is 0 Å². The fourth-order valence-corrected chi connectivity index (χ4v) is 2.49. The summed E-state index contributed by atoms with van der Waals surface area (Å²) in [6.07, 6.45) is 0. The molecule has 0 radical (unpaired) electrons. The summed E-state index contributed by atoms with van der Waals surface area (Å²) in [6, 6.07) is 6.84. The molecule has 2 rings (SSSR count). The first-order valence-corrected chi connectivity index (χ1v) is 8.19. The fourth-order valence-electron chi connectivity index (χ4n) is 2.49. The van der Waals surface area contributed by atoms with E-state index in [1.54, 1.807) is 40.5 Å². The van der Waals surface area contributed by atoms with Crippen LogP contribution in [0.4, 0.5) is 8.78 Å². The summed E-state index contributed by atoms with van der Waals surface area (Å²) >= 11 is 0. The van der Waals surface area contributed by atoms with E-state index in [1.165, 1.54) is 0 Å². The van der Waals surface area contributed by atoms with Crippen LogP contribution in [0.1, 0.15) is 11.1 Å². The van der Waals surface area contributed by atoms with Crippen molar-refractivity contribution in [3.63, 3.8) is 0 Å². The van der Waals surface area contributed by atoms with E-state index in [-0.39, 0.29) is 36.1 Å². The van der Waals surface area contributed by atoms with Crippen LogP contribution in [-0.2, 0) is 13.1 Å². The lowest BCUT2D eigenvalue weighted by Crippen LogP contribution is -2.36. The largest absolute Gasteiger partial charge is 0.496 e. The van der Waals surface area contributed by atoms with Crippen molar-refractivity contribution in [2.45, 2.75) is 13.1 Å². The van der Waals surface area contributed by atoms with Crippen molar-refractivity contribution in [1.29, 1.82) is 0 Å². The van der Waals surface area contributed by atoms with Gasteiger partial charge in [-0.2, -0.15) is 0 Å². The molecule has 0 saturated heterocycles. The SMILES string of the molecule is CN=C(NCc1cc(F)ccc1F)NCc1cc(OC)c(OC)cc1OC.I. The molecule has 154 valence electrons. The van der Waals surface area contributed by atoms with E-state index in [2.05, 4.69) is 15.6 Å². The zero-order valence-corrected chi connectivity index (χ0v) is 18.5. The first-order valence-electron chi connectivity index (χ1n) is 8.19. The highest BCUT2D eigenvalue weighted by Gasteiger charge is 2.12. The quantitative estimate of drug-likeness (QED) is 0.342. The van der Waals surface area contributed by atoms with E-state index < -0.39 is 11.6 Å². The number of aliphatic imine (C=N–C) groups is 1. The molecular weight excluding hydrogens is 483 g/mol. The molecule has 0 unspecified atom stereocenters. The molecular formula is C19H24F2IN3O3. The van der Waals surface area contributed by atoms with Crippen LogP contribution in [0.2, 0.25) is 0 Å². The van der Waals surface area contributed by atoms with Gasteiger partial charge in [-0.3, -0.25) is 4.99 Å². The van der Waals surface area contributed by atoms with Gasteiger partial charge in [0.05, 0.1) is 21.3 Å². The van der Waals surface area contributed by atoms with Gasteiger partial charge in [-0.1, -0.05) is 0 Å². The molecule has 2 aromatic carbocycles. The Balaban J connectivity index is 0.00000392. The van der Waals surface area contributed by atoms with Crippen molar-refractivity contribution in [2.24, 2.45) is 4.99 Å². The molecule has 0 saturated carbocycles. The van der Waals surface area contributed by atoms with Gasteiger partial charge in [0, 0.05) is 37.3 Å². The summed E-state index contributed by atoms with van der Waals surface area (Å²) in [5.41, 5.74) is 1.02. The predicted octanol–water partition coefficient (Wildman–Crippen LogP) is 3.47. The minimum atomic E-state index is -0.494. The Morgan fingerprint density at radius 1 is 0.857 bits per heavy atom. The maximum absolute atomic E-state index is 13.7. The smallest absolute Gasteiger partial charge is 0.191 e. The second-order valence-corrected chi connectivity index (χ2v) is 5.53. The first-order chi connectivity index (χ1) is 13.0. The molecule has 0 atom stereocenters. The maximum atomic E-state index is 13.7. The van der Waals surface area contributed by atoms with Crippen LogP contribution in [0.15, 0.2) is 35.3 Å². The minimum absolute atomic E-state index is 0.